The summed E-state index contributed by atoms with van der Waals surface area (Å²) in [4.78, 5) is 11.8. The summed E-state index contributed by atoms with van der Waals surface area (Å²) < 4.78 is 5.50. The van der Waals surface area contributed by atoms with Gasteiger partial charge in [0.25, 0.3) is 0 Å². The molecule has 100 valence electrons. The van der Waals surface area contributed by atoms with E-state index in [1.807, 2.05) is 12.1 Å². The lowest BCUT2D eigenvalue weighted by molar-refractivity contribution is 0.0693. The summed E-state index contributed by atoms with van der Waals surface area (Å²) in [6.07, 6.45) is 1.07. The molecule has 0 radical (unpaired) electrons. The summed E-state index contributed by atoms with van der Waals surface area (Å²) >= 11 is 1.53. The van der Waals surface area contributed by atoms with Gasteiger partial charge in [-0.1, -0.05) is 26.0 Å². The molecule has 0 aromatic heterocycles. The van der Waals surface area contributed by atoms with Crippen molar-refractivity contribution in [2.45, 2.75) is 25.2 Å². The number of carbonyl (C=O) groups is 1. The molecular formula is C14H20O3S. The number of carboxylic acid groups (broad SMARTS) is 1. The highest BCUT2D eigenvalue weighted by Gasteiger charge is 2.08. The van der Waals surface area contributed by atoms with Crippen LogP contribution in [0.2, 0.25) is 0 Å². The lowest BCUT2D eigenvalue weighted by atomic mass is 10.1. The van der Waals surface area contributed by atoms with E-state index in [2.05, 4.69) is 13.8 Å². The average Bonchev–Trinajstić information content (AvgIpc) is 2.33. The second-order valence-electron chi connectivity index (χ2n) is 4.44. The van der Waals surface area contributed by atoms with Gasteiger partial charge in [-0.05, 0) is 24.5 Å². The van der Waals surface area contributed by atoms with Gasteiger partial charge >= 0.3 is 5.97 Å². The van der Waals surface area contributed by atoms with Gasteiger partial charge in [0.2, 0.25) is 0 Å². The number of benzene rings is 1. The first-order valence-corrected chi connectivity index (χ1v) is 7.12. The Bertz CT molecular complexity index is 377. The normalized spacial score (nSPS) is 10.8. The highest BCUT2D eigenvalue weighted by Crippen LogP contribution is 2.22. The SMILES string of the molecule is CC(C)CCOCCSc1ccccc1C(=O)O. The van der Waals surface area contributed by atoms with Gasteiger partial charge in [-0.15, -0.1) is 11.8 Å². The van der Waals surface area contributed by atoms with E-state index in [4.69, 9.17) is 9.84 Å². The van der Waals surface area contributed by atoms with Crippen LogP contribution >= 0.6 is 11.8 Å². The molecule has 18 heavy (non-hydrogen) atoms. The number of hydrogen-bond donors (Lipinski definition) is 1. The predicted molar refractivity (Wildman–Crippen MR) is 74.4 cm³/mol. The Hall–Kier alpha value is -1.00. The number of ether oxygens (including phenoxy) is 1. The maximum absolute atomic E-state index is 11.0. The van der Waals surface area contributed by atoms with Crippen LogP contribution in [0.3, 0.4) is 0 Å². The van der Waals surface area contributed by atoms with Crippen LogP contribution in [0.15, 0.2) is 29.2 Å². The van der Waals surface area contributed by atoms with E-state index < -0.39 is 5.97 Å². The van der Waals surface area contributed by atoms with Crippen LogP contribution in [-0.4, -0.2) is 30.0 Å². The molecule has 0 heterocycles. The van der Waals surface area contributed by atoms with Gasteiger partial charge in [0.1, 0.15) is 0 Å². The summed E-state index contributed by atoms with van der Waals surface area (Å²) in [7, 11) is 0. The lowest BCUT2D eigenvalue weighted by Crippen LogP contribution is -2.03. The zero-order valence-corrected chi connectivity index (χ0v) is 11.7. The van der Waals surface area contributed by atoms with Crippen molar-refractivity contribution in [3.05, 3.63) is 29.8 Å². The maximum atomic E-state index is 11.0. The summed E-state index contributed by atoms with van der Waals surface area (Å²) in [5, 5.41) is 9.02. The molecule has 0 spiro atoms. The van der Waals surface area contributed by atoms with E-state index in [-0.39, 0.29) is 0 Å². The zero-order valence-electron chi connectivity index (χ0n) is 10.9. The van der Waals surface area contributed by atoms with Gasteiger partial charge < -0.3 is 9.84 Å². The minimum absolute atomic E-state index is 0.365. The van der Waals surface area contributed by atoms with E-state index >= 15 is 0 Å². The molecule has 1 rings (SSSR count). The molecule has 1 aromatic carbocycles. The topological polar surface area (TPSA) is 46.5 Å². The Morgan fingerprint density at radius 2 is 2.06 bits per heavy atom. The first-order chi connectivity index (χ1) is 8.61. The van der Waals surface area contributed by atoms with Gasteiger partial charge in [0.05, 0.1) is 12.2 Å². The van der Waals surface area contributed by atoms with Crippen molar-refractivity contribution in [3.8, 4) is 0 Å². The molecule has 1 aromatic rings. The van der Waals surface area contributed by atoms with Crippen molar-refractivity contribution in [2.24, 2.45) is 5.92 Å². The van der Waals surface area contributed by atoms with Crippen molar-refractivity contribution in [1.29, 1.82) is 0 Å². The first kappa shape index (κ1) is 15.1. The second-order valence-corrected chi connectivity index (χ2v) is 5.58. The number of rotatable bonds is 8. The molecule has 0 aliphatic rings. The maximum Gasteiger partial charge on any atom is 0.336 e. The molecule has 4 heteroatoms. The second kappa shape index (κ2) is 8.16. The van der Waals surface area contributed by atoms with Crippen LogP contribution in [-0.2, 0) is 4.74 Å². The molecule has 0 fully saturated rings. The smallest absolute Gasteiger partial charge is 0.336 e. The van der Waals surface area contributed by atoms with E-state index in [0.717, 1.165) is 23.7 Å². The third-order valence-corrected chi connectivity index (χ3v) is 3.48. The average molecular weight is 268 g/mol. The van der Waals surface area contributed by atoms with Crippen LogP contribution < -0.4 is 0 Å². The molecule has 0 amide bonds. The molecule has 0 aliphatic heterocycles. The van der Waals surface area contributed by atoms with Crippen LogP contribution in [0.1, 0.15) is 30.6 Å². The Balaban J connectivity index is 2.29. The predicted octanol–water partition coefficient (Wildman–Crippen LogP) is 3.54. The van der Waals surface area contributed by atoms with Crippen molar-refractivity contribution in [3.63, 3.8) is 0 Å². The van der Waals surface area contributed by atoms with Crippen LogP contribution in [0.25, 0.3) is 0 Å². The molecule has 0 bridgehead atoms. The van der Waals surface area contributed by atoms with Crippen molar-refractivity contribution < 1.29 is 14.6 Å². The molecule has 3 nitrogen and oxygen atoms in total. The minimum atomic E-state index is -0.876. The van der Waals surface area contributed by atoms with E-state index in [1.165, 1.54) is 11.8 Å². The molecular weight excluding hydrogens is 248 g/mol. The van der Waals surface area contributed by atoms with Crippen LogP contribution in [0.5, 0.6) is 0 Å². The van der Waals surface area contributed by atoms with E-state index in [9.17, 15) is 4.79 Å². The summed E-state index contributed by atoms with van der Waals surface area (Å²) in [5.41, 5.74) is 0.365. The summed E-state index contributed by atoms with van der Waals surface area (Å²) in [5.74, 6) is 0.562. The fourth-order valence-corrected chi connectivity index (χ4v) is 2.31. The number of carboxylic acids is 1. The third-order valence-electron chi connectivity index (χ3n) is 2.44. The fourth-order valence-electron chi connectivity index (χ4n) is 1.40. The molecule has 0 saturated carbocycles. The van der Waals surface area contributed by atoms with Crippen molar-refractivity contribution in [2.75, 3.05) is 19.0 Å². The Morgan fingerprint density at radius 3 is 2.72 bits per heavy atom. The Kier molecular flexibility index (Phi) is 6.83. The third kappa shape index (κ3) is 5.56. The quantitative estimate of drug-likeness (QED) is 0.578. The molecule has 0 aliphatic carbocycles. The molecule has 0 saturated heterocycles. The van der Waals surface area contributed by atoms with Crippen LogP contribution in [0.4, 0.5) is 0 Å². The fraction of sp³-hybridized carbons (Fsp3) is 0.500. The molecule has 0 unspecified atom stereocenters. The minimum Gasteiger partial charge on any atom is -0.478 e. The highest BCUT2D eigenvalue weighted by molar-refractivity contribution is 7.99. The van der Waals surface area contributed by atoms with E-state index in [1.54, 1.807) is 12.1 Å². The monoisotopic (exact) mass is 268 g/mol. The lowest BCUT2D eigenvalue weighted by Gasteiger charge is -2.07. The summed E-state index contributed by atoms with van der Waals surface area (Å²) in [6, 6.07) is 7.06. The standard InChI is InChI=1S/C14H20O3S/c1-11(2)7-8-17-9-10-18-13-6-4-3-5-12(13)14(15)16/h3-6,11H,7-10H2,1-2H3,(H,15,16). The Morgan fingerprint density at radius 1 is 1.33 bits per heavy atom. The number of aromatic carboxylic acids is 1. The molecule has 0 atom stereocenters. The molecule has 1 N–H and O–H groups in total. The zero-order chi connectivity index (χ0) is 13.4. The van der Waals surface area contributed by atoms with Crippen molar-refractivity contribution >= 4 is 17.7 Å². The van der Waals surface area contributed by atoms with Crippen LogP contribution in [0, 0.1) is 5.92 Å². The van der Waals surface area contributed by atoms with Gasteiger partial charge in [-0.2, -0.15) is 0 Å². The van der Waals surface area contributed by atoms with Gasteiger partial charge in [-0.25, -0.2) is 4.79 Å². The number of thioether (sulfide) groups is 1. The Labute approximate surface area is 113 Å². The van der Waals surface area contributed by atoms with E-state index in [0.29, 0.717) is 18.1 Å². The van der Waals surface area contributed by atoms with Crippen molar-refractivity contribution in [1.82, 2.24) is 0 Å². The van der Waals surface area contributed by atoms with Gasteiger partial charge in [0, 0.05) is 17.3 Å². The number of hydrogen-bond acceptors (Lipinski definition) is 3. The first-order valence-electron chi connectivity index (χ1n) is 6.14. The summed E-state index contributed by atoms with van der Waals surface area (Å²) in [6.45, 7) is 5.77. The van der Waals surface area contributed by atoms with Gasteiger partial charge in [0.15, 0.2) is 0 Å². The largest absolute Gasteiger partial charge is 0.478 e. The van der Waals surface area contributed by atoms with Gasteiger partial charge in [-0.3, -0.25) is 0 Å². The highest BCUT2D eigenvalue weighted by atomic mass is 32.2.